The average molecular weight is 617 g/mol. The molecule has 0 radical (unpaired) electrons. The summed E-state index contributed by atoms with van der Waals surface area (Å²) in [4.78, 5) is 13.1. The number of ether oxygens (including phenoxy) is 3. The molecule has 1 rings (SSSR count). The van der Waals surface area contributed by atoms with Gasteiger partial charge in [-0.3, -0.25) is 4.79 Å². The van der Waals surface area contributed by atoms with E-state index in [-0.39, 0.29) is 37.3 Å². The summed E-state index contributed by atoms with van der Waals surface area (Å²) in [5.41, 5.74) is 7.07. The van der Waals surface area contributed by atoms with Gasteiger partial charge in [-0.15, -0.1) is 0 Å². The van der Waals surface area contributed by atoms with Crippen molar-refractivity contribution in [2.24, 2.45) is 40.0 Å². The molecule has 1 aromatic rings. The molecular formula is C30H56N4O7S. The number of hydrogen-bond acceptors (Lipinski definition) is 8. The highest BCUT2D eigenvalue weighted by molar-refractivity contribution is 7.87. The summed E-state index contributed by atoms with van der Waals surface area (Å²) in [6.45, 7) is 13.3. The SMILES string of the molecule is COCCCOc1cc(C[C@@H](C[C@H](N)[C@@H](O)C[C@H](C(=O)NCC(C)(C)CNS(N)(=O)=O)C(C)C)C(C)C)ccc1OC. The molecule has 0 aromatic heterocycles. The van der Waals surface area contributed by atoms with Gasteiger partial charge in [0, 0.05) is 45.2 Å². The maximum atomic E-state index is 13.1. The molecule has 1 amide bonds. The predicted octanol–water partition coefficient (Wildman–Crippen LogP) is 2.60. The lowest BCUT2D eigenvalue weighted by atomic mass is 9.80. The Kier molecular flexibility index (Phi) is 16.3. The van der Waals surface area contributed by atoms with E-state index in [0.717, 1.165) is 18.4 Å². The summed E-state index contributed by atoms with van der Waals surface area (Å²) in [5, 5.41) is 19.0. The molecule has 0 aliphatic rings. The molecule has 11 nitrogen and oxygen atoms in total. The monoisotopic (exact) mass is 616 g/mol. The number of carbonyl (C=O) groups excluding carboxylic acids is 1. The summed E-state index contributed by atoms with van der Waals surface area (Å²) < 4.78 is 41.3. The second-order valence-electron chi connectivity index (χ2n) is 12.7. The van der Waals surface area contributed by atoms with Crippen molar-refractivity contribution in [3.63, 3.8) is 0 Å². The fraction of sp³-hybridized carbons (Fsp3) is 0.767. The van der Waals surface area contributed by atoms with E-state index in [4.69, 9.17) is 25.1 Å². The third-order valence-electron chi connectivity index (χ3n) is 7.62. The lowest BCUT2D eigenvalue weighted by Crippen LogP contribution is -2.47. The van der Waals surface area contributed by atoms with Gasteiger partial charge in [0.15, 0.2) is 11.5 Å². The minimum atomic E-state index is -3.82. The first-order chi connectivity index (χ1) is 19.5. The average Bonchev–Trinajstić information content (AvgIpc) is 2.90. The summed E-state index contributed by atoms with van der Waals surface area (Å²) in [6, 6.07) is 5.43. The molecule has 0 heterocycles. The third-order valence-corrected chi connectivity index (χ3v) is 8.16. The van der Waals surface area contributed by atoms with Gasteiger partial charge in [0.05, 0.1) is 19.8 Å². The van der Waals surface area contributed by atoms with Crippen LogP contribution in [0.5, 0.6) is 11.5 Å². The zero-order chi connectivity index (χ0) is 32.1. The maximum absolute atomic E-state index is 13.1. The molecule has 42 heavy (non-hydrogen) atoms. The first-order valence-corrected chi connectivity index (χ1v) is 16.3. The number of aliphatic hydroxyl groups is 1. The van der Waals surface area contributed by atoms with Crippen molar-refractivity contribution in [2.45, 2.75) is 79.4 Å². The summed E-state index contributed by atoms with van der Waals surface area (Å²) in [5.74, 6) is 1.19. The van der Waals surface area contributed by atoms with Crippen LogP contribution in [0.1, 0.15) is 66.4 Å². The van der Waals surface area contributed by atoms with Crippen LogP contribution in [0, 0.1) is 29.1 Å². The van der Waals surface area contributed by atoms with Gasteiger partial charge < -0.3 is 30.4 Å². The second-order valence-corrected chi connectivity index (χ2v) is 14.1. The number of nitrogens with two attached hydrogens (primary N) is 2. The zero-order valence-corrected chi connectivity index (χ0v) is 27.6. The molecule has 0 saturated carbocycles. The van der Waals surface area contributed by atoms with E-state index in [9.17, 15) is 18.3 Å². The lowest BCUT2D eigenvalue weighted by Gasteiger charge is -2.31. The summed E-state index contributed by atoms with van der Waals surface area (Å²) >= 11 is 0. The Morgan fingerprint density at radius 2 is 1.69 bits per heavy atom. The van der Waals surface area contributed by atoms with E-state index >= 15 is 0 Å². The quantitative estimate of drug-likeness (QED) is 0.131. The van der Waals surface area contributed by atoms with Gasteiger partial charge in [0.25, 0.3) is 10.2 Å². The number of rotatable bonds is 21. The number of aliphatic hydroxyl groups excluding tert-OH is 1. The maximum Gasteiger partial charge on any atom is 0.274 e. The molecule has 0 bridgehead atoms. The van der Waals surface area contributed by atoms with Crippen LogP contribution in [0.3, 0.4) is 0 Å². The van der Waals surface area contributed by atoms with Crippen molar-refractivity contribution in [1.82, 2.24) is 10.0 Å². The van der Waals surface area contributed by atoms with Crippen LogP contribution in [0.4, 0.5) is 0 Å². The minimum Gasteiger partial charge on any atom is -0.493 e. The molecule has 244 valence electrons. The van der Waals surface area contributed by atoms with Crippen LogP contribution in [-0.2, 0) is 26.2 Å². The summed E-state index contributed by atoms with van der Waals surface area (Å²) in [6.07, 6.45) is 1.48. The Hall–Kier alpha value is -1.96. The van der Waals surface area contributed by atoms with Crippen LogP contribution in [0.15, 0.2) is 18.2 Å². The molecular weight excluding hydrogens is 560 g/mol. The molecule has 0 aliphatic heterocycles. The van der Waals surface area contributed by atoms with Crippen LogP contribution in [0.2, 0.25) is 0 Å². The van der Waals surface area contributed by atoms with Gasteiger partial charge in [0.2, 0.25) is 5.91 Å². The van der Waals surface area contributed by atoms with E-state index < -0.39 is 33.7 Å². The van der Waals surface area contributed by atoms with Crippen molar-refractivity contribution in [2.75, 3.05) is 40.5 Å². The smallest absolute Gasteiger partial charge is 0.274 e. The van der Waals surface area contributed by atoms with Crippen molar-refractivity contribution >= 4 is 16.1 Å². The van der Waals surface area contributed by atoms with Gasteiger partial charge in [-0.25, -0.2) is 9.86 Å². The highest BCUT2D eigenvalue weighted by atomic mass is 32.2. The van der Waals surface area contributed by atoms with Crippen molar-refractivity contribution in [3.05, 3.63) is 23.8 Å². The van der Waals surface area contributed by atoms with Crippen LogP contribution in [0.25, 0.3) is 0 Å². The van der Waals surface area contributed by atoms with E-state index in [0.29, 0.717) is 37.1 Å². The Balaban J connectivity index is 2.84. The van der Waals surface area contributed by atoms with Crippen LogP contribution in [-0.4, -0.2) is 72.1 Å². The van der Waals surface area contributed by atoms with E-state index in [1.54, 1.807) is 14.2 Å². The van der Waals surface area contributed by atoms with Gasteiger partial charge in [0.1, 0.15) is 0 Å². The van der Waals surface area contributed by atoms with Gasteiger partial charge >= 0.3 is 0 Å². The molecule has 0 aliphatic carbocycles. The molecule has 0 saturated heterocycles. The predicted molar refractivity (Wildman–Crippen MR) is 166 cm³/mol. The number of carbonyl (C=O) groups is 1. The van der Waals surface area contributed by atoms with E-state index in [2.05, 4.69) is 23.9 Å². The first kappa shape index (κ1) is 38.1. The van der Waals surface area contributed by atoms with Gasteiger partial charge in [-0.1, -0.05) is 47.6 Å². The fourth-order valence-corrected chi connectivity index (χ4v) is 5.27. The lowest BCUT2D eigenvalue weighted by molar-refractivity contribution is -0.128. The molecule has 0 fully saturated rings. The minimum absolute atomic E-state index is 0.0278. The third kappa shape index (κ3) is 14.5. The van der Waals surface area contributed by atoms with Crippen LogP contribution < -0.4 is 30.4 Å². The summed E-state index contributed by atoms with van der Waals surface area (Å²) in [7, 11) is -0.546. The van der Waals surface area contributed by atoms with Crippen molar-refractivity contribution < 1.29 is 32.5 Å². The van der Waals surface area contributed by atoms with Crippen molar-refractivity contribution in [3.8, 4) is 11.5 Å². The van der Waals surface area contributed by atoms with E-state index in [1.165, 1.54) is 0 Å². The van der Waals surface area contributed by atoms with Gasteiger partial charge in [-0.2, -0.15) is 8.42 Å². The fourth-order valence-electron chi connectivity index (χ4n) is 4.68. The topological polar surface area (TPSA) is 175 Å². The highest BCUT2D eigenvalue weighted by Crippen LogP contribution is 2.32. The molecule has 12 heteroatoms. The largest absolute Gasteiger partial charge is 0.493 e. The number of amides is 1. The van der Waals surface area contributed by atoms with Crippen molar-refractivity contribution in [1.29, 1.82) is 0 Å². The number of nitrogens with one attached hydrogen (secondary N) is 2. The zero-order valence-electron chi connectivity index (χ0n) is 26.8. The van der Waals surface area contributed by atoms with Gasteiger partial charge in [-0.05, 0) is 60.1 Å². The molecule has 1 aromatic carbocycles. The Labute approximate surface area is 253 Å². The standard InChI is InChI=1S/C30H56N4O7S/c1-20(2)23(14-22-10-11-27(40-8)28(15-22)41-13-9-12-39-7)16-25(31)26(35)17-24(21(3)4)29(36)33-18-30(5,6)19-34-42(32,37)38/h10-11,15,20-21,23-26,34-35H,9,12-14,16-19,31H2,1-8H3,(H,33,36)(H2,32,37,38)/t23-,24-,25-,26-/m0/s1. The van der Waals surface area contributed by atoms with Crippen LogP contribution >= 0.6 is 0 Å². The normalized spacial score (nSPS) is 15.4. The second kappa shape index (κ2) is 18.0. The Morgan fingerprint density at radius 3 is 2.24 bits per heavy atom. The molecule has 7 N–H and O–H groups in total. The molecule has 4 atom stereocenters. The molecule has 0 unspecified atom stereocenters. The van der Waals surface area contributed by atoms with E-state index in [1.807, 2.05) is 45.9 Å². The number of hydrogen-bond donors (Lipinski definition) is 5. The Bertz CT molecular complexity index is 1050. The number of methoxy groups -OCH3 is 2. The Morgan fingerprint density at radius 1 is 1.02 bits per heavy atom. The highest BCUT2D eigenvalue weighted by Gasteiger charge is 2.31. The first-order valence-electron chi connectivity index (χ1n) is 14.8. The molecule has 0 spiro atoms. The number of benzene rings is 1.